The van der Waals surface area contributed by atoms with Crippen LogP contribution in [0.5, 0.6) is 0 Å². The molecule has 1 aliphatic heterocycles. The molecule has 0 fully saturated rings. The highest BCUT2D eigenvalue weighted by atomic mass is 32.2. The quantitative estimate of drug-likeness (QED) is 0.461. The van der Waals surface area contributed by atoms with Gasteiger partial charge in [0.05, 0.1) is 14.7 Å². The van der Waals surface area contributed by atoms with Crippen LogP contribution in [0.25, 0.3) is 0 Å². The van der Waals surface area contributed by atoms with Crippen molar-refractivity contribution in [3.63, 3.8) is 0 Å². The molecule has 0 saturated heterocycles. The van der Waals surface area contributed by atoms with Crippen LogP contribution in [0.1, 0.15) is 42.0 Å². The fraction of sp³-hybridized carbons (Fsp3) is 0.261. The molecule has 2 heterocycles. The van der Waals surface area contributed by atoms with Crippen LogP contribution in [0.4, 0.5) is 4.39 Å². The lowest BCUT2D eigenvalue weighted by molar-refractivity contribution is 0.577. The topological polar surface area (TPSA) is 93.2 Å². The molecule has 168 valence electrons. The SMILES string of the molecule is CC(C)c1cc2c(cc1S(=O)(=O)NCCc1cccnc1)S(=O)(=O)c1cc(F)ccc1C2. The number of sulfonamides is 1. The van der Waals surface area contributed by atoms with E-state index in [9.17, 15) is 21.2 Å². The molecule has 0 bridgehead atoms. The smallest absolute Gasteiger partial charge is 0.240 e. The fourth-order valence-electron chi connectivity index (χ4n) is 3.90. The molecular formula is C23H23FN2O4S2. The summed E-state index contributed by atoms with van der Waals surface area (Å²) in [4.78, 5) is 3.74. The molecule has 0 spiro atoms. The fourth-order valence-corrected chi connectivity index (χ4v) is 7.12. The Morgan fingerprint density at radius 1 is 1.09 bits per heavy atom. The van der Waals surface area contributed by atoms with Crippen LogP contribution in [-0.2, 0) is 32.7 Å². The number of nitrogens with one attached hydrogen (secondary N) is 1. The molecule has 9 heteroatoms. The molecule has 0 radical (unpaired) electrons. The second kappa shape index (κ2) is 8.38. The number of aromatic nitrogens is 1. The van der Waals surface area contributed by atoms with E-state index in [-0.39, 0.29) is 27.1 Å². The molecule has 0 amide bonds. The highest BCUT2D eigenvalue weighted by Gasteiger charge is 2.33. The maximum Gasteiger partial charge on any atom is 0.240 e. The van der Waals surface area contributed by atoms with Crippen molar-refractivity contribution in [2.45, 2.75) is 47.3 Å². The average Bonchev–Trinajstić information content (AvgIpc) is 2.74. The third kappa shape index (κ3) is 4.20. The molecule has 1 aliphatic rings. The Kier molecular flexibility index (Phi) is 5.91. The first-order chi connectivity index (χ1) is 15.1. The molecule has 3 aromatic rings. The standard InChI is InChI=1S/C23H23FN2O4S2/c1-15(2)20-11-18-10-17-5-6-19(24)12-21(17)31(27,28)22(18)13-23(20)32(29,30)26-9-7-16-4-3-8-25-14-16/h3-6,8,11-15,26H,7,9-10H2,1-2H3. The largest absolute Gasteiger partial charge is 0.264 e. The van der Waals surface area contributed by atoms with Crippen molar-refractivity contribution in [1.29, 1.82) is 0 Å². The first-order valence-electron chi connectivity index (χ1n) is 10.2. The van der Waals surface area contributed by atoms with Crippen molar-refractivity contribution in [2.24, 2.45) is 0 Å². The number of hydrogen-bond acceptors (Lipinski definition) is 5. The third-order valence-corrected chi connectivity index (χ3v) is 8.96. The first-order valence-corrected chi connectivity index (χ1v) is 13.1. The van der Waals surface area contributed by atoms with Crippen LogP contribution in [0.2, 0.25) is 0 Å². The van der Waals surface area contributed by atoms with Crippen LogP contribution in [0, 0.1) is 5.82 Å². The zero-order chi connectivity index (χ0) is 23.1. The van der Waals surface area contributed by atoms with E-state index in [1.807, 2.05) is 19.9 Å². The van der Waals surface area contributed by atoms with Gasteiger partial charge >= 0.3 is 0 Å². The minimum Gasteiger partial charge on any atom is -0.264 e. The van der Waals surface area contributed by atoms with E-state index in [0.29, 0.717) is 29.5 Å². The van der Waals surface area contributed by atoms with Gasteiger partial charge in [-0.2, -0.15) is 0 Å². The van der Waals surface area contributed by atoms with Crippen LogP contribution >= 0.6 is 0 Å². The van der Waals surface area contributed by atoms with Crippen LogP contribution in [0.15, 0.2) is 69.5 Å². The van der Waals surface area contributed by atoms with Crippen molar-refractivity contribution in [2.75, 3.05) is 6.54 Å². The van der Waals surface area contributed by atoms with Gasteiger partial charge in [-0.25, -0.2) is 25.9 Å². The number of rotatable bonds is 6. The van der Waals surface area contributed by atoms with Crippen molar-refractivity contribution < 1.29 is 21.2 Å². The van der Waals surface area contributed by atoms with Gasteiger partial charge in [0.1, 0.15) is 5.82 Å². The molecule has 0 unspecified atom stereocenters. The number of hydrogen-bond donors (Lipinski definition) is 1. The van der Waals surface area contributed by atoms with E-state index >= 15 is 0 Å². The molecule has 1 aromatic heterocycles. The summed E-state index contributed by atoms with van der Waals surface area (Å²) in [6.07, 6.45) is 4.04. The Morgan fingerprint density at radius 2 is 1.84 bits per heavy atom. The molecule has 32 heavy (non-hydrogen) atoms. The Balaban J connectivity index is 1.74. The highest BCUT2D eigenvalue weighted by molar-refractivity contribution is 7.92. The summed E-state index contributed by atoms with van der Waals surface area (Å²) in [5.41, 5.74) is 2.44. The van der Waals surface area contributed by atoms with Gasteiger partial charge in [-0.05, 0) is 58.9 Å². The van der Waals surface area contributed by atoms with E-state index in [1.165, 1.54) is 18.2 Å². The summed E-state index contributed by atoms with van der Waals surface area (Å²) in [7, 11) is -8.04. The highest BCUT2D eigenvalue weighted by Crippen LogP contribution is 2.38. The zero-order valence-electron chi connectivity index (χ0n) is 17.7. The summed E-state index contributed by atoms with van der Waals surface area (Å²) >= 11 is 0. The second-order valence-corrected chi connectivity index (χ2v) is 11.7. The maximum atomic E-state index is 13.8. The van der Waals surface area contributed by atoms with E-state index in [4.69, 9.17) is 0 Å². The molecule has 1 N–H and O–H groups in total. The third-order valence-electron chi connectivity index (χ3n) is 5.52. The monoisotopic (exact) mass is 474 g/mol. The molecule has 0 aliphatic carbocycles. The number of nitrogens with zero attached hydrogens (tertiary/aromatic N) is 1. The van der Waals surface area contributed by atoms with E-state index in [0.717, 1.165) is 11.6 Å². The molecule has 0 saturated carbocycles. The van der Waals surface area contributed by atoms with Crippen molar-refractivity contribution in [1.82, 2.24) is 9.71 Å². The van der Waals surface area contributed by atoms with Crippen molar-refractivity contribution in [3.8, 4) is 0 Å². The first kappa shape index (κ1) is 22.6. The minimum absolute atomic E-state index is 0.0686. The summed E-state index contributed by atoms with van der Waals surface area (Å²) in [5, 5.41) is 0. The summed E-state index contributed by atoms with van der Waals surface area (Å²) in [6, 6.07) is 10.2. The predicted octanol–water partition coefficient (Wildman–Crippen LogP) is 3.60. The van der Waals surface area contributed by atoms with E-state index < -0.39 is 25.7 Å². The number of benzene rings is 2. The van der Waals surface area contributed by atoms with Crippen LogP contribution < -0.4 is 4.72 Å². The van der Waals surface area contributed by atoms with Crippen molar-refractivity contribution >= 4 is 19.9 Å². The predicted molar refractivity (Wildman–Crippen MR) is 118 cm³/mol. The van der Waals surface area contributed by atoms with Gasteiger partial charge in [-0.1, -0.05) is 32.0 Å². The molecule has 2 aromatic carbocycles. The van der Waals surface area contributed by atoms with E-state index in [2.05, 4.69) is 9.71 Å². The van der Waals surface area contributed by atoms with Crippen LogP contribution in [-0.4, -0.2) is 28.4 Å². The van der Waals surface area contributed by atoms with Gasteiger partial charge in [0.2, 0.25) is 19.9 Å². The molecule has 0 atom stereocenters. The summed E-state index contributed by atoms with van der Waals surface area (Å²) in [5.74, 6) is -0.804. The Morgan fingerprint density at radius 3 is 2.53 bits per heavy atom. The van der Waals surface area contributed by atoms with Gasteiger partial charge in [-0.15, -0.1) is 0 Å². The summed E-state index contributed by atoms with van der Waals surface area (Å²) < 4.78 is 69.1. The second-order valence-electron chi connectivity index (χ2n) is 8.09. The number of halogens is 1. The lowest BCUT2D eigenvalue weighted by Gasteiger charge is -2.23. The van der Waals surface area contributed by atoms with Gasteiger partial charge in [0.25, 0.3) is 0 Å². The van der Waals surface area contributed by atoms with E-state index in [1.54, 1.807) is 24.5 Å². The number of sulfone groups is 1. The lowest BCUT2D eigenvalue weighted by atomic mass is 9.97. The normalized spacial score (nSPS) is 14.8. The number of pyridine rings is 1. The maximum absolute atomic E-state index is 13.8. The van der Waals surface area contributed by atoms with Gasteiger partial charge in [0.15, 0.2) is 0 Å². The Bertz CT molecular complexity index is 1390. The van der Waals surface area contributed by atoms with Gasteiger partial charge in [-0.3, -0.25) is 4.98 Å². The van der Waals surface area contributed by atoms with Gasteiger partial charge < -0.3 is 0 Å². The molecule has 4 rings (SSSR count). The zero-order valence-corrected chi connectivity index (χ0v) is 19.3. The Hall–Kier alpha value is -2.62. The molecular weight excluding hydrogens is 451 g/mol. The van der Waals surface area contributed by atoms with Crippen LogP contribution in [0.3, 0.4) is 0 Å². The Labute approximate surface area is 187 Å². The van der Waals surface area contributed by atoms with Crippen molar-refractivity contribution in [3.05, 3.63) is 82.9 Å². The number of fused-ring (bicyclic) bond motifs is 2. The minimum atomic E-state index is -4.05. The molecule has 6 nitrogen and oxygen atoms in total. The average molecular weight is 475 g/mol. The lowest BCUT2D eigenvalue weighted by Crippen LogP contribution is -2.28. The summed E-state index contributed by atoms with van der Waals surface area (Å²) in [6.45, 7) is 3.86. The van der Waals surface area contributed by atoms with Gasteiger partial charge in [0, 0.05) is 25.4 Å².